The second kappa shape index (κ2) is 13.6. The van der Waals surface area contributed by atoms with Crippen molar-refractivity contribution in [2.45, 2.75) is 71.9 Å². The molecule has 2 amide bonds. The number of carbonyl (C=O) groups is 4. The predicted octanol–water partition coefficient (Wildman–Crippen LogP) is 4.39. The molecule has 1 aromatic heterocycles. The zero-order chi connectivity index (χ0) is 32.3. The number of carbonyl (C=O) groups excluding carboxylic acids is 2. The van der Waals surface area contributed by atoms with Gasteiger partial charge in [-0.25, -0.2) is 0 Å². The maximum atomic E-state index is 12.4. The van der Waals surface area contributed by atoms with Gasteiger partial charge < -0.3 is 31.1 Å². The number of aliphatic carboxylic acids is 2. The van der Waals surface area contributed by atoms with Gasteiger partial charge in [-0.15, -0.1) is 0 Å². The molecule has 4 atom stereocenters. The van der Waals surface area contributed by atoms with Crippen molar-refractivity contribution in [3.8, 4) is 0 Å². The lowest BCUT2D eigenvalue weighted by molar-refractivity contribution is -0.138. The van der Waals surface area contributed by atoms with Crippen LogP contribution in [0.4, 0.5) is 0 Å². The molecular formula is C33H40N4O6S. The topological polar surface area (TPSA) is 161 Å². The highest BCUT2D eigenvalue weighted by Gasteiger charge is 2.35. The summed E-state index contributed by atoms with van der Waals surface area (Å²) in [6.07, 6.45) is 8.25. The molecule has 6 N–H and O–H groups in total. The summed E-state index contributed by atoms with van der Waals surface area (Å²) in [4.78, 5) is 51.4. The maximum absolute atomic E-state index is 12.4. The van der Waals surface area contributed by atoms with E-state index >= 15 is 0 Å². The third-order valence-electron chi connectivity index (χ3n) is 8.92. The number of thiol groups is 1. The fourth-order valence-electron chi connectivity index (χ4n) is 6.24. The Labute approximate surface area is 262 Å². The van der Waals surface area contributed by atoms with Crippen molar-refractivity contribution in [3.05, 3.63) is 80.3 Å². The summed E-state index contributed by atoms with van der Waals surface area (Å²) < 4.78 is 0. The van der Waals surface area contributed by atoms with Crippen LogP contribution in [0.25, 0.3) is 12.2 Å². The molecule has 0 saturated carbocycles. The van der Waals surface area contributed by atoms with Gasteiger partial charge in [0, 0.05) is 59.1 Å². The summed E-state index contributed by atoms with van der Waals surface area (Å²) in [5, 5.41) is 30.1. The van der Waals surface area contributed by atoms with E-state index in [1.165, 1.54) is 0 Å². The van der Waals surface area contributed by atoms with E-state index in [2.05, 4.69) is 40.1 Å². The van der Waals surface area contributed by atoms with Crippen molar-refractivity contribution in [3.63, 3.8) is 0 Å². The number of hydrogen-bond donors (Lipinski definition) is 7. The SMILES string of the molecule is C=CC1=C(C)[C@@H](CC2N/C(=C\c3[nH]c(/C=C4\NC(=O)[C@H](C)[C@H]4/C=C/S)c(C)c3CCC(=O)O)C(CCC(=O)O)=C2C)NC1=O. The van der Waals surface area contributed by atoms with Crippen molar-refractivity contribution < 1.29 is 29.4 Å². The average Bonchev–Trinajstić information content (AvgIpc) is 3.60. The number of hydrogen-bond acceptors (Lipinski definition) is 6. The van der Waals surface area contributed by atoms with Gasteiger partial charge in [0.05, 0.1) is 6.04 Å². The van der Waals surface area contributed by atoms with E-state index in [1.54, 1.807) is 11.5 Å². The second-order valence-corrected chi connectivity index (χ2v) is 11.9. The summed E-state index contributed by atoms with van der Waals surface area (Å²) in [5.74, 6) is -2.50. The first kappa shape index (κ1) is 32.7. The number of aromatic nitrogens is 1. The Hall–Kier alpha value is -4.25. The number of carboxylic acids is 2. The lowest BCUT2D eigenvalue weighted by Crippen LogP contribution is -2.36. The molecule has 0 spiro atoms. The van der Waals surface area contributed by atoms with E-state index in [-0.39, 0.29) is 55.0 Å². The standard InChI is InChI=1S/C33H40N4O6S/c1-6-20-16(2)26(36-33(20)43)13-24-17(3)21(7-9-30(38)39)27(34-24)15-28-22(8-10-31(40)41)18(4)25(35-28)14-29-23(11-12-44)19(5)32(42)37-29/h6,11-12,14-15,19,23-24,26,34-35,44H,1,7-10,13H2,2-5H3,(H,36,43)(H,37,42)(H,38,39)(H,40,41)/b12-11+,27-15-,29-14-/t19-,23-,24?,26-/m1/s1. The van der Waals surface area contributed by atoms with Crippen molar-refractivity contribution in [2.24, 2.45) is 11.8 Å². The van der Waals surface area contributed by atoms with Gasteiger partial charge in [0.15, 0.2) is 0 Å². The van der Waals surface area contributed by atoms with E-state index in [9.17, 15) is 29.4 Å². The van der Waals surface area contributed by atoms with Crippen LogP contribution < -0.4 is 16.0 Å². The van der Waals surface area contributed by atoms with Gasteiger partial charge in [0.25, 0.3) is 5.91 Å². The van der Waals surface area contributed by atoms with Crippen LogP contribution in [0, 0.1) is 18.8 Å². The first-order valence-corrected chi connectivity index (χ1v) is 15.2. The fraction of sp³-hybridized carbons (Fsp3) is 0.394. The van der Waals surface area contributed by atoms with Gasteiger partial charge in [-0.05, 0) is 85.4 Å². The van der Waals surface area contributed by atoms with Crippen LogP contribution in [0.5, 0.6) is 0 Å². The van der Waals surface area contributed by atoms with E-state index in [0.29, 0.717) is 24.1 Å². The number of rotatable bonds is 12. The Kier molecular flexibility index (Phi) is 10.1. The molecular weight excluding hydrogens is 580 g/mol. The molecule has 1 aromatic rings. The van der Waals surface area contributed by atoms with Crippen LogP contribution in [0.2, 0.25) is 0 Å². The van der Waals surface area contributed by atoms with Crippen molar-refractivity contribution in [1.82, 2.24) is 20.9 Å². The van der Waals surface area contributed by atoms with E-state index in [0.717, 1.165) is 44.9 Å². The summed E-state index contributed by atoms with van der Waals surface area (Å²) in [7, 11) is 0. The van der Waals surface area contributed by atoms with Crippen molar-refractivity contribution >= 4 is 48.5 Å². The number of H-pyrrole nitrogens is 1. The second-order valence-electron chi connectivity index (χ2n) is 11.6. The molecule has 1 saturated heterocycles. The lowest BCUT2D eigenvalue weighted by Gasteiger charge is -2.20. The number of aromatic amines is 1. The number of amides is 2. The summed E-state index contributed by atoms with van der Waals surface area (Å²) in [6.45, 7) is 11.4. The van der Waals surface area contributed by atoms with Gasteiger partial charge in [-0.3, -0.25) is 19.2 Å². The number of allylic oxidation sites excluding steroid dienone is 2. The van der Waals surface area contributed by atoms with Crippen molar-refractivity contribution in [2.75, 3.05) is 0 Å². The molecule has 11 heteroatoms. The van der Waals surface area contributed by atoms with Gasteiger partial charge in [0.2, 0.25) is 5.91 Å². The van der Waals surface area contributed by atoms with E-state index in [4.69, 9.17) is 0 Å². The van der Waals surface area contributed by atoms with Gasteiger partial charge >= 0.3 is 11.9 Å². The minimum Gasteiger partial charge on any atom is -0.481 e. The molecule has 1 fully saturated rings. The molecule has 0 aliphatic carbocycles. The van der Waals surface area contributed by atoms with Gasteiger partial charge in [-0.2, -0.15) is 12.6 Å². The summed E-state index contributed by atoms with van der Waals surface area (Å²) >= 11 is 4.20. The molecule has 4 heterocycles. The van der Waals surface area contributed by atoms with E-state index < -0.39 is 11.9 Å². The van der Waals surface area contributed by atoms with Crippen LogP contribution >= 0.6 is 12.6 Å². The fourth-order valence-corrected chi connectivity index (χ4v) is 6.42. The number of nitrogens with one attached hydrogen (secondary N) is 4. The minimum absolute atomic E-state index is 0.0526. The molecule has 4 rings (SSSR count). The quantitative estimate of drug-likeness (QED) is 0.171. The Morgan fingerprint density at radius 3 is 2.23 bits per heavy atom. The minimum atomic E-state index is -0.919. The van der Waals surface area contributed by atoms with E-state index in [1.807, 2.05) is 45.9 Å². The van der Waals surface area contributed by atoms with Crippen LogP contribution in [0.15, 0.2) is 57.8 Å². The Morgan fingerprint density at radius 2 is 1.61 bits per heavy atom. The monoisotopic (exact) mass is 620 g/mol. The van der Waals surface area contributed by atoms with Crippen LogP contribution in [-0.2, 0) is 25.6 Å². The first-order valence-electron chi connectivity index (χ1n) is 14.7. The molecule has 234 valence electrons. The first-order chi connectivity index (χ1) is 20.9. The highest BCUT2D eigenvalue weighted by Crippen LogP contribution is 2.35. The third-order valence-corrected chi connectivity index (χ3v) is 9.09. The predicted molar refractivity (Wildman–Crippen MR) is 172 cm³/mol. The Morgan fingerprint density at radius 1 is 0.955 bits per heavy atom. The van der Waals surface area contributed by atoms with Gasteiger partial charge in [0.1, 0.15) is 0 Å². The largest absolute Gasteiger partial charge is 0.481 e. The average molecular weight is 621 g/mol. The summed E-state index contributed by atoms with van der Waals surface area (Å²) in [6, 6.07) is -0.345. The van der Waals surface area contributed by atoms with Crippen LogP contribution in [-0.4, -0.2) is 51.0 Å². The highest BCUT2D eigenvalue weighted by atomic mass is 32.1. The lowest BCUT2D eigenvalue weighted by atomic mass is 9.94. The Balaban J connectivity index is 1.75. The molecule has 3 aliphatic heterocycles. The third kappa shape index (κ3) is 6.77. The molecule has 0 aromatic carbocycles. The van der Waals surface area contributed by atoms with Crippen LogP contribution in [0.3, 0.4) is 0 Å². The number of carboxylic acid groups (broad SMARTS) is 2. The maximum Gasteiger partial charge on any atom is 0.303 e. The smallest absolute Gasteiger partial charge is 0.303 e. The highest BCUT2D eigenvalue weighted by molar-refractivity contribution is 7.83. The molecule has 1 unspecified atom stereocenters. The molecule has 0 bridgehead atoms. The van der Waals surface area contributed by atoms with Crippen molar-refractivity contribution in [1.29, 1.82) is 0 Å². The zero-order valence-electron chi connectivity index (χ0n) is 25.4. The molecule has 10 nitrogen and oxygen atoms in total. The van der Waals surface area contributed by atoms with Gasteiger partial charge in [-0.1, -0.05) is 25.7 Å². The Bertz CT molecular complexity index is 1560. The molecule has 0 radical (unpaired) electrons. The van der Waals surface area contributed by atoms with Crippen LogP contribution in [0.1, 0.15) is 69.0 Å². The molecule has 3 aliphatic rings. The zero-order valence-corrected chi connectivity index (χ0v) is 26.3. The molecule has 44 heavy (non-hydrogen) atoms. The normalized spacial score (nSPS) is 25.4. The summed E-state index contributed by atoms with van der Waals surface area (Å²) in [5.41, 5.74) is 7.96.